The molecule has 137 heavy (non-hydrogen) atoms. The number of nitrogens with one attached hydrogen (secondary N) is 5. The van der Waals surface area contributed by atoms with Gasteiger partial charge in [0.15, 0.2) is 22.8 Å². The molecule has 6 aliphatic carbocycles. The Hall–Kier alpha value is -11.2. The molecule has 5 aromatic heterocycles. The Kier molecular flexibility index (Phi) is 29.8. The number of aliphatic hydroxyl groups is 3. The van der Waals surface area contributed by atoms with Gasteiger partial charge in [0.1, 0.15) is 11.3 Å². The minimum Gasteiger partial charge on any atom is -0.435 e. The number of methoxy groups -OCH3 is 1. The van der Waals surface area contributed by atoms with Crippen LogP contribution in [-0.2, 0) is 57.7 Å². The first-order valence-electron chi connectivity index (χ1n) is 46.5. The van der Waals surface area contributed by atoms with Gasteiger partial charge in [-0.2, -0.15) is 8.78 Å². The lowest BCUT2D eigenvalue weighted by Gasteiger charge is -2.47. The third-order valence-electron chi connectivity index (χ3n) is 26.2. The van der Waals surface area contributed by atoms with Crippen molar-refractivity contribution in [3.63, 3.8) is 0 Å². The van der Waals surface area contributed by atoms with Crippen molar-refractivity contribution in [1.29, 1.82) is 0 Å². The SMILES string of the molecule is CC(C)(O)c1cc(F)c2nc(NC(=O)CC3CC(C)(F)C3(F)F)n(C3CCC3)c2c1.CC(C)(O)c1ccc2nc(NC(=O)CC3CC(C)(F)C3(F)F)n(C3CCC3)c2c1.CC(O)(CC(=O)Nc1nc2ccc(OC(F)F)cc2n1C1CCC1)c1ccccc1.COCc1c(Cl)ccc2nc(NC(=O)CC(C)(C)C)n(C3CCC3)c12.[C-]#[N+]c1ccc2nc(NC(=O)CC(C)(C)C)n(C(C)(C)C)c2c1. The van der Waals surface area contributed by atoms with Crippen LogP contribution in [0.15, 0.2) is 109 Å². The van der Waals surface area contributed by atoms with Crippen LogP contribution in [-0.4, -0.2) is 130 Å². The van der Waals surface area contributed by atoms with Crippen LogP contribution in [0.5, 0.6) is 5.75 Å². The fraction of sp³-hybridized carbons (Fsp3) is 0.535. The second-order valence-electron chi connectivity index (χ2n) is 42.2. The highest BCUT2D eigenvalue weighted by molar-refractivity contribution is 6.32. The number of halogens is 10. The number of imidazole rings is 5. The van der Waals surface area contributed by atoms with Crippen LogP contribution in [0.25, 0.3) is 60.0 Å². The number of anilines is 5. The fourth-order valence-electron chi connectivity index (χ4n) is 18.0. The van der Waals surface area contributed by atoms with Crippen LogP contribution in [0.3, 0.4) is 0 Å². The smallest absolute Gasteiger partial charge is 0.387 e. The predicted octanol–water partition coefficient (Wildman–Crippen LogP) is 23.8. The molecule has 11 aromatic rings. The first kappa shape index (κ1) is 103. The van der Waals surface area contributed by atoms with Crippen LogP contribution < -0.4 is 31.3 Å². The average molecular weight is 1930 g/mol. The quantitative estimate of drug-likeness (QED) is 0.0206. The van der Waals surface area contributed by atoms with Crippen LogP contribution in [0, 0.1) is 35.1 Å². The molecule has 6 fully saturated rings. The van der Waals surface area contributed by atoms with E-state index < -0.39 is 95.3 Å². The summed E-state index contributed by atoms with van der Waals surface area (Å²) in [6.07, 6.45) is 10.8. The van der Waals surface area contributed by atoms with Gasteiger partial charge in [0.2, 0.25) is 59.3 Å². The van der Waals surface area contributed by atoms with Gasteiger partial charge >= 0.3 is 6.61 Å². The van der Waals surface area contributed by atoms with Crippen LogP contribution in [0.1, 0.15) is 279 Å². The molecule has 5 amide bonds. The van der Waals surface area contributed by atoms with E-state index in [0.29, 0.717) is 93.2 Å². The Morgan fingerprint density at radius 3 is 1.34 bits per heavy atom. The summed E-state index contributed by atoms with van der Waals surface area (Å²) in [6, 6.07) is 31.5. The van der Waals surface area contributed by atoms with E-state index in [-0.39, 0.29) is 82.3 Å². The lowest BCUT2D eigenvalue weighted by atomic mass is 9.67. The third kappa shape index (κ3) is 23.2. The van der Waals surface area contributed by atoms with Gasteiger partial charge in [-0.05, 0) is 247 Å². The van der Waals surface area contributed by atoms with E-state index in [9.17, 15) is 78.8 Å². The van der Waals surface area contributed by atoms with Gasteiger partial charge in [-0.15, -0.1) is 0 Å². The minimum atomic E-state index is -3.56. The van der Waals surface area contributed by atoms with Crippen molar-refractivity contribution in [3.8, 4) is 5.75 Å². The molecular weight excluding hydrogens is 1800 g/mol. The van der Waals surface area contributed by atoms with Gasteiger partial charge in [-0.1, -0.05) is 95.6 Å². The van der Waals surface area contributed by atoms with E-state index in [1.807, 2.05) is 70.9 Å². The standard InChI is InChI=1S/C22H23F2N3O3.C21H25F4N3O2.C21H26F3N3O2.C19H26ClN3O2.C18H24N4O/c1-22(29,14-6-3-2-4-7-14)13-19(28)26-21-25-17-11-10-16(30-20(23)24)12-18(17)27(21)15-8-5-9-15;1-19(2,30)11-7-14(22)17-15(8-11)28(13-5-4-6-13)18(27-17)26-16(29)9-12-10-20(3,23)21(12,24)25;1-19(2,29)12-7-8-15-16(9-12)27(14-5-4-6-14)18(25-15)26-17(28)10-13-11-20(3,22)21(13,23)24;1-19(2,3)10-16(24)22-18-21-15-9-8-14(20)13(11-25-4)17(15)23(18)12-6-5-7-12;1-17(2,3)11-15(23)21-16-20-13-9-8-12(19-7)10-14(13)22(16)18(4,5)6/h2-4,6-7,10-12,15,20,29H,5,8-9,13H2,1H3,(H,25,26,28);7-8,12-13,30H,4-6,9-10H2,1-3H3,(H,26,27,29);7-9,13-14,29H,4-6,10-11H2,1-3H3,(H,25,26,28);8-9,12H,5-7,10-11H2,1-4H3,(H,21,22,24);8-10H,11H2,1-6H3,(H,20,21,23). The molecule has 6 aliphatic rings. The van der Waals surface area contributed by atoms with Crippen molar-refractivity contribution in [3.05, 3.63) is 154 Å². The van der Waals surface area contributed by atoms with Gasteiger partial charge in [-0.3, -0.25) is 50.6 Å². The second kappa shape index (κ2) is 39.6. The summed E-state index contributed by atoms with van der Waals surface area (Å²) in [6.45, 7) is 32.9. The van der Waals surface area contributed by atoms with E-state index in [4.69, 9.17) is 22.9 Å². The molecule has 5 unspecified atom stereocenters. The molecule has 36 heteroatoms. The molecule has 17 rings (SSSR count). The second-order valence-corrected chi connectivity index (χ2v) is 42.6. The molecule has 0 spiro atoms. The lowest BCUT2D eigenvalue weighted by Crippen LogP contribution is -2.60. The highest BCUT2D eigenvalue weighted by Gasteiger charge is 2.68. The van der Waals surface area contributed by atoms with Gasteiger partial charge < -0.3 is 47.6 Å². The molecule has 8 N–H and O–H groups in total. The summed E-state index contributed by atoms with van der Waals surface area (Å²) < 4.78 is 142. The van der Waals surface area contributed by atoms with Gasteiger partial charge in [0.05, 0.1) is 86.1 Å². The number of hydrogen-bond donors (Lipinski definition) is 8. The number of amides is 5. The zero-order chi connectivity index (χ0) is 100. The number of ether oxygens (including phenoxy) is 2. The molecular formula is C101H124ClF9N16O10. The maximum atomic E-state index is 14.7. The first-order valence-corrected chi connectivity index (χ1v) is 46.9. The summed E-state index contributed by atoms with van der Waals surface area (Å²) in [5.41, 5.74) is 0.580. The number of carbonyl (C=O) groups excluding carboxylic acids is 5. The average Bonchev–Trinajstić information content (AvgIpc) is 1.73. The van der Waals surface area contributed by atoms with E-state index in [2.05, 4.69) is 107 Å². The number of hydrogen-bond acceptors (Lipinski definition) is 15. The van der Waals surface area contributed by atoms with Crippen molar-refractivity contribution < 1.29 is 88.3 Å². The Bertz CT molecular complexity index is 6340. The largest absolute Gasteiger partial charge is 0.435 e. The molecule has 6 saturated carbocycles. The highest BCUT2D eigenvalue weighted by Crippen LogP contribution is 2.57. The lowest BCUT2D eigenvalue weighted by molar-refractivity contribution is -0.248. The van der Waals surface area contributed by atoms with E-state index in [0.717, 1.165) is 123 Å². The first-order chi connectivity index (χ1) is 63.8. The number of fused-ring (bicyclic) bond motifs is 5. The normalized spacial score (nSPS) is 19.9. The Morgan fingerprint density at radius 2 is 0.898 bits per heavy atom. The third-order valence-corrected chi connectivity index (χ3v) is 26.6. The van der Waals surface area contributed by atoms with Crippen LogP contribution in [0.2, 0.25) is 5.02 Å². The molecule has 5 atom stereocenters. The zero-order valence-corrected chi connectivity index (χ0v) is 81.2. The van der Waals surface area contributed by atoms with Gasteiger partial charge in [-0.25, -0.2) is 60.5 Å². The van der Waals surface area contributed by atoms with Gasteiger partial charge in [0, 0.05) is 91.0 Å². The van der Waals surface area contributed by atoms with Crippen molar-refractivity contribution in [2.24, 2.45) is 22.7 Å². The number of nitrogens with zero attached hydrogens (tertiary/aromatic N) is 11. The summed E-state index contributed by atoms with van der Waals surface area (Å²) in [5.74, 6) is -10.2. The maximum absolute atomic E-state index is 14.7. The Morgan fingerprint density at radius 1 is 0.489 bits per heavy atom. The topological polar surface area (TPSA) is 318 Å². The molecule has 738 valence electrons. The van der Waals surface area contributed by atoms with Crippen LogP contribution in [0.4, 0.5) is 74.9 Å². The molecule has 26 nitrogen and oxygen atoms in total. The zero-order valence-electron chi connectivity index (χ0n) is 80.5. The Balaban J connectivity index is 0.000000145. The predicted molar refractivity (Wildman–Crippen MR) is 511 cm³/mol. The van der Waals surface area contributed by atoms with Crippen molar-refractivity contribution in [2.75, 3.05) is 33.7 Å². The monoisotopic (exact) mass is 1930 g/mol. The maximum Gasteiger partial charge on any atom is 0.387 e. The molecule has 6 aromatic carbocycles. The Labute approximate surface area is 795 Å². The summed E-state index contributed by atoms with van der Waals surface area (Å²) >= 11 is 6.41. The molecule has 5 heterocycles. The van der Waals surface area contributed by atoms with E-state index >= 15 is 0 Å². The van der Waals surface area contributed by atoms with E-state index in [1.165, 1.54) is 38.5 Å². The summed E-state index contributed by atoms with van der Waals surface area (Å²) in [7, 11) is 1.66. The van der Waals surface area contributed by atoms with Crippen molar-refractivity contribution >= 4 is 132 Å². The van der Waals surface area contributed by atoms with E-state index in [1.54, 1.807) is 87.0 Å². The highest BCUT2D eigenvalue weighted by atomic mass is 35.5. The number of alkyl halides is 8. The van der Waals surface area contributed by atoms with Crippen molar-refractivity contribution in [2.45, 2.75) is 316 Å². The molecule has 0 radical (unpaired) electrons. The van der Waals surface area contributed by atoms with Crippen molar-refractivity contribution in [1.82, 2.24) is 47.8 Å². The molecule has 0 bridgehead atoms. The number of rotatable bonds is 24. The number of aromatic nitrogens is 10. The number of benzene rings is 6. The fourth-order valence-corrected chi connectivity index (χ4v) is 18.2. The van der Waals surface area contributed by atoms with Crippen LogP contribution >= 0.6 is 11.6 Å². The van der Waals surface area contributed by atoms with Gasteiger partial charge in [0.25, 0.3) is 11.8 Å². The summed E-state index contributed by atoms with van der Waals surface area (Å²) in [5, 5.41) is 46.0. The molecule has 0 saturated heterocycles. The molecule has 0 aliphatic heterocycles. The minimum absolute atomic E-state index is 0.0113. The number of carbonyl (C=O) groups is 5. The summed E-state index contributed by atoms with van der Waals surface area (Å²) in [4.78, 5) is 88.2.